The molecule has 0 saturated carbocycles. The molecule has 1 aliphatic heterocycles. The van der Waals surface area contributed by atoms with Gasteiger partial charge in [0.2, 0.25) is 0 Å². The summed E-state index contributed by atoms with van der Waals surface area (Å²) in [6, 6.07) is 0. The SMILES string of the molecule is COc1c(N)nsc1NCCN1CCC(C)CC1. The van der Waals surface area contributed by atoms with Crippen molar-refractivity contribution in [3.05, 3.63) is 0 Å². The fourth-order valence-electron chi connectivity index (χ4n) is 2.22. The number of ether oxygens (including phenoxy) is 1. The molecule has 102 valence electrons. The number of hydrogen-bond acceptors (Lipinski definition) is 6. The molecule has 0 spiro atoms. The van der Waals surface area contributed by atoms with Crippen molar-refractivity contribution in [1.29, 1.82) is 0 Å². The number of hydrogen-bond donors (Lipinski definition) is 2. The standard InChI is InChI=1S/C12H22N4OS/c1-9-3-6-16(7-4-9)8-5-14-12-10(17-2)11(13)15-18-12/h9,14H,3-8H2,1-2H3,(H2,13,15). The Kier molecular flexibility index (Phi) is 4.66. The maximum atomic E-state index is 5.71. The highest BCUT2D eigenvalue weighted by atomic mass is 32.1. The number of nitrogens with two attached hydrogens (primary N) is 1. The van der Waals surface area contributed by atoms with Crippen molar-refractivity contribution in [1.82, 2.24) is 9.27 Å². The predicted molar refractivity (Wildman–Crippen MR) is 76.4 cm³/mol. The van der Waals surface area contributed by atoms with Crippen molar-refractivity contribution in [2.75, 3.05) is 44.3 Å². The van der Waals surface area contributed by atoms with E-state index in [1.807, 2.05) is 0 Å². The lowest BCUT2D eigenvalue weighted by Gasteiger charge is -2.30. The summed E-state index contributed by atoms with van der Waals surface area (Å²) in [7, 11) is 1.62. The Bertz CT molecular complexity index is 374. The summed E-state index contributed by atoms with van der Waals surface area (Å²) in [5.41, 5.74) is 5.71. The quantitative estimate of drug-likeness (QED) is 0.855. The minimum atomic E-state index is 0.469. The highest BCUT2D eigenvalue weighted by Crippen LogP contribution is 2.34. The summed E-state index contributed by atoms with van der Waals surface area (Å²) in [5, 5.41) is 4.28. The monoisotopic (exact) mass is 270 g/mol. The second-order valence-electron chi connectivity index (χ2n) is 4.88. The zero-order valence-corrected chi connectivity index (χ0v) is 11.9. The minimum Gasteiger partial charge on any atom is -0.490 e. The van der Waals surface area contributed by atoms with E-state index in [-0.39, 0.29) is 0 Å². The Balaban J connectivity index is 1.75. The number of aromatic nitrogens is 1. The second-order valence-corrected chi connectivity index (χ2v) is 5.65. The molecule has 1 fully saturated rings. The van der Waals surface area contributed by atoms with Crippen LogP contribution in [0.4, 0.5) is 10.8 Å². The number of anilines is 2. The van der Waals surface area contributed by atoms with E-state index < -0.39 is 0 Å². The highest BCUT2D eigenvalue weighted by molar-refractivity contribution is 7.11. The molecular formula is C12H22N4OS. The molecule has 1 aromatic rings. The fourth-order valence-corrected chi connectivity index (χ4v) is 2.93. The summed E-state index contributed by atoms with van der Waals surface area (Å²) < 4.78 is 9.30. The molecule has 0 atom stereocenters. The number of nitrogens with zero attached hydrogens (tertiary/aromatic N) is 2. The van der Waals surface area contributed by atoms with Gasteiger partial charge < -0.3 is 20.7 Å². The van der Waals surface area contributed by atoms with Gasteiger partial charge in [0.25, 0.3) is 0 Å². The van der Waals surface area contributed by atoms with E-state index >= 15 is 0 Å². The number of likely N-dealkylation sites (tertiary alicyclic amines) is 1. The van der Waals surface area contributed by atoms with Crippen LogP contribution in [0.25, 0.3) is 0 Å². The van der Waals surface area contributed by atoms with E-state index in [1.54, 1.807) is 7.11 Å². The van der Waals surface area contributed by atoms with E-state index in [2.05, 4.69) is 21.5 Å². The van der Waals surface area contributed by atoms with E-state index in [1.165, 1.54) is 37.5 Å². The first kappa shape index (κ1) is 13.4. The first-order valence-corrected chi connectivity index (χ1v) is 7.23. The zero-order valence-electron chi connectivity index (χ0n) is 11.1. The largest absolute Gasteiger partial charge is 0.490 e. The molecule has 0 aliphatic carbocycles. The number of nitrogens with one attached hydrogen (secondary N) is 1. The van der Waals surface area contributed by atoms with Gasteiger partial charge in [-0.3, -0.25) is 0 Å². The van der Waals surface area contributed by atoms with Gasteiger partial charge in [-0.15, -0.1) is 0 Å². The topological polar surface area (TPSA) is 63.4 Å². The molecule has 18 heavy (non-hydrogen) atoms. The molecule has 0 radical (unpaired) electrons. The molecule has 0 amide bonds. The summed E-state index contributed by atoms with van der Waals surface area (Å²) in [5.74, 6) is 2.03. The Labute approximate surface area is 112 Å². The van der Waals surface area contributed by atoms with Crippen LogP contribution in [0.1, 0.15) is 19.8 Å². The Morgan fingerprint density at radius 3 is 2.89 bits per heavy atom. The first-order chi connectivity index (χ1) is 8.70. The molecular weight excluding hydrogens is 248 g/mol. The molecule has 5 nitrogen and oxygen atoms in total. The van der Waals surface area contributed by atoms with Gasteiger partial charge in [0, 0.05) is 13.1 Å². The molecule has 1 aliphatic rings. The average Bonchev–Trinajstić information content (AvgIpc) is 2.72. The van der Waals surface area contributed by atoms with E-state index in [0.717, 1.165) is 24.0 Å². The van der Waals surface area contributed by atoms with Crippen LogP contribution in [-0.2, 0) is 0 Å². The highest BCUT2D eigenvalue weighted by Gasteiger charge is 2.16. The number of rotatable bonds is 5. The molecule has 1 aromatic heterocycles. The zero-order chi connectivity index (χ0) is 13.0. The van der Waals surface area contributed by atoms with Gasteiger partial charge in [-0.2, -0.15) is 4.37 Å². The molecule has 0 aromatic carbocycles. The van der Waals surface area contributed by atoms with E-state index in [4.69, 9.17) is 10.5 Å². The molecule has 6 heteroatoms. The van der Waals surface area contributed by atoms with Gasteiger partial charge in [0.1, 0.15) is 0 Å². The Hall–Kier alpha value is -1.01. The molecule has 3 N–H and O–H groups in total. The van der Waals surface area contributed by atoms with Crippen LogP contribution in [0.3, 0.4) is 0 Å². The Morgan fingerprint density at radius 2 is 2.22 bits per heavy atom. The van der Waals surface area contributed by atoms with Crippen molar-refractivity contribution < 1.29 is 4.74 Å². The van der Waals surface area contributed by atoms with Crippen molar-refractivity contribution in [3.8, 4) is 5.75 Å². The fraction of sp³-hybridized carbons (Fsp3) is 0.750. The summed E-state index contributed by atoms with van der Waals surface area (Å²) >= 11 is 1.36. The lowest BCUT2D eigenvalue weighted by molar-refractivity contribution is 0.199. The third-order valence-corrected chi connectivity index (χ3v) is 4.27. The van der Waals surface area contributed by atoms with Crippen molar-refractivity contribution >= 4 is 22.4 Å². The lowest BCUT2D eigenvalue weighted by Crippen LogP contribution is -2.36. The molecule has 2 heterocycles. The summed E-state index contributed by atoms with van der Waals surface area (Å²) in [6.07, 6.45) is 2.63. The normalized spacial score (nSPS) is 17.9. The lowest BCUT2D eigenvalue weighted by atomic mass is 9.99. The van der Waals surface area contributed by atoms with E-state index in [9.17, 15) is 0 Å². The minimum absolute atomic E-state index is 0.469. The summed E-state index contributed by atoms with van der Waals surface area (Å²) in [6.45, 7) is 6.73. The van der Waals surface area contributed by atoms with E-state index in [0.29, 0.717) is 11.6 Å². The van der Waals surface area contributed by atoms with Crippen molar-refractivity contribution in [3.63, 3.8) is 0 Å². The molecule has 0 bridgehead atoms. The molecule has 1 saturated heterocycles. The maximum absolute atomic E-state index is 5.71. The van der Waals surface area contributed by atoms with Crippen LogP contribution >= 0.6 is 11.5 Å². The second kappa shape index (κ2) is 6.24. The van der Waals surface area contributed by atoms with Crippen LogP contribution in [-0.4, -0.2) is 42.6 Å². The molecule has 0 unspecified atom stereocenters. The van der Waals surface area contributed by atoms with Crippen molar-refractivity contribution in [2.45, 2.75) is 19.8 Å². The van der Waals surface area contributed by atoms with Gasteiger partial charge in [0.05, 0.1) is 7.11 Å². The van der Waals surface area contributed by atoms with Gasteiger partial charge in [-0.05, 0) is 43.4 Å². The number of nitrogen functional groups attached to an aromatic ring is 1. The van der Waals surface area contributed by atoms with Crippen LogP contribution in [0.15, 0.2) is 0 Å². The third kappa shape index (κ3) is 3.26. The summed E-state index contributed by atoms with van der Waals surface area (Å²) in [4.78, 5) is 2.50. The van der Waals surface area contributed by atoms with Gasteiger partial charge in [0.15, 0.2) is 16.6 Å². The molecule has 2 rings (SSSR count). The number of methoxy groups -OCH3 is 1. The average molecular weight is 270 g/mol. The van der Waals surface area contributed by atoms with Crippen LogP contribution in [0.2, 0.25) is 0 Å². The smallest absolute Gasteiger partial charge is 0.197 e. The first-order valence-electron chi connectivity index (χ1n) is 6.46. The van der Waals surface area contributed by atoms with Crippen molar-refractivity contribution in [2.24, 2.45) is 5.92 Å². The Morgan fingerprint density at radius 1 is 1.50 bits per heavy atom. The van der Waals surface area contributed by atoms with Crippen LogP contribution in [0, 0.1) is 5.92 Å². The van der Waals surface area contributed by atoms with Gasteiger partial charge in [-0.25, -0.2) is 0 Å². The third-order valence-electron chi connectivity index (χ3n) is 3.47. The maximum Gasteiger partial charge on any atom is 0.197 e. The van der Waals surface area contributed by atoms with Crippen LogP contribution in [0.5, 0.6) is 5.75 Å². The van der Waals surface area contributed by atoms with Gasteiger partial charge in [-0.1, -0.05) is 6.92 Å². The predicted octanol–water partition coefficient (Wildman–Crippen LogP) is 1.88. The number of piperidine rings is 1. The van der Waals surface area contributed by atoms with Crippen LogP contribution < -0.4 is 15.8 Å². The van der Waals surface area contributed by atoms with Gasteiger partial charge >= 0.3 is 0 Å².